The first kappa shape index (κ1) is 20.1. The minimum atomic E-state index is 0.597. The number of piperidine rings is 1. The Morgan fingerprint density at radius 2 is 1.90 bits per heavy atom. The van der Waals surface area contributed by atoms with E-state index in [1.807, 2.05) is 24.3 Å². The third-order valence-corrected chi connectivity index (χ3v) is 5.72. The molecule has 0 aliphatic carbocycles. The van der Waals surface area contributed by atoms with Gasteiger partial charge < -0.3 is 9.42 Å². The van der Waals surface area contributed by atoms with Crippen LogP contribution in [0.2, 0.25) is 5.02 Å². The molecule has 4 rings (SSSR count). The molecule has 29 heavy (non-hydrogen) atoms. The quantitative estimate of drug-likeness (QED) is 0.563. The van der Waals surface area contributed by atoms with Crippen molar-refractivity contribution in [1.29, 1.82) is 0 Å². The topological polar surface area (TPSA) is 45.4 Å². The molecule has 0 N–H and O–H groups in total. The predicted octanol–water partition coefficient (Wildman–Crippen LogP) is 4.73. The molecule has 1 fully saturated rings. The van der Waals surface area contributed by atoms with Crippen molar-refractivity contribution in [3.8, 4) is 11.4 Å². The molecule has 152 valence electrons. The van der Waals surface area contributed by atoms with Crippen molar-refractivity contribution >= 4 is 11.6 Å². The highest BCUT2D eigenvalue weighted by Crippen LogP contribution is 2.22. The lowest BCUT2D eigenvalue weighted by Crippen LogP contribution is -2.37. The van der Waals surface area contributed by atoms with Crippen LogP contribution >= 0.6 is 11.6 Å². The molecule has 0 saturated carbocycles. The van der Waals surface area contributed by atoms with E-state index in [0.717, 1.165) is 37.7 Å². The Bertz CT molecular complexity index is 906. The number of aromatic nitrogens is 2. The summed E-state index contributed by atoms with van der Waals surface area (Å²) in [5.74, 6) is 2.00. The summed E-state index contributed by atoms with van der Waals surface area (Å²) in [6.45, 7) is 5.00. The molecule has 0 atom stereocenters. The molecule has 0 amide bonds. The monoisotopic (exact) mass is 410 g/mol. The summed E-state index contributed by atoms with van der Waals surface area (Å²) in [7, 11) is 2.22. The molecular weight excluding hydrogens is 384 g/mol. The van der Waals surface area contributed by atoms with Gasteiger partial charge in [-0.05, 0) is 56.6 Å². The zero-order chi connectivity index (χ0) is 20.1. The molecule has 0 radical (unpaired) electrons. The first-order valence-corrected chi connectivity index (χ1v) is 10.6. The van der Waals surface area contributed by atoms with E-state index < -0.39 is 0 Å². The van der Waals surface area contributed by atoms with Crippen LogP contribution in [0.15, 0.2) is 59.1 Å². The SMILES string of the molecule is CN(Cc1ccccc1)CC1CCN(Cc2nc(-c3cccc(Cl)c3)no2)CC1. The Hall–Kier alpha value is -2.21. The highest BCUT2D eigenvalue weighted by molar-refractivity contribution is 6.30. The van der Waals surface area contributed by atoms with E-state index in [2.05, 4.69) is 57.3 Å². The molecule has 1 aliphatic heterocycles. The van der Waals surface area contributed by atoms with Crippen LogP contribution in [0.25, 0.3) is 11.4 Å². The van der Waals surface area contributed by atoms with Gasteiger partial charge in [-0.1, -0.05) is 59.2 Å². The van der Waals surface area contributed by atoms with E-state index in [1.54, 1.807) is 0 Å². The Balaban J connectivity index is 1.24. The van der Waals surface area contributed by atoms with Crippen LogP contribution in [0.3, 0.4) is 0 Å². The van der Waals surface area contributed by atoms with Gasteiger partial charge in [-0.25, -0.2) is 0 Å². The Morgan fingerprint density at radius 3 is 2.66 bits per heavy atom. The van der Waals surface area contributed by atoms with Crippen LogP contribution in [0.1, 0.15) is 24.3 Å². The lowest BCUT2D eigenvalue weighted by atomic mass is 9.96. The van der Waals surface area contributed by atoms with Crippen molar-refractivity contribution < 1.29 is 4.52 Å². The summed E-state index contributed by atoms with van der Waals surface area (Å²) < 4.78 is 5.47. The summed E-state index contributed by atoms with van der Waals surface area (Å²) in [5, 5.41) is 4.78. The summed E-state index contributed by atoms with van der Waals surface area (Å²) in [5.41, 5.74) is 2.26. The maximum atomic E-state index is 6.05. The zero-order valence-corrected chi connectivity index (χ0v) is 17.6. The molecule has 1 aliphatic rings. The van der Waals surface area contributed by atoms with Gasteiger partial charge in [0.05, 0.1) is 6.54 Å². The highest BCUT2D eigenvalue weighted by Gasteiger charge is 2.22. The van der Waals surface area contributed by atoms with Crippen LogP contribution in [-0.2, 0) is 13.1 Å². The van der Waals surface area contributed by atoms with E-state index in [-0.39, 0.29) is 0 Å². The Kier molecular flexibility index (Phi) is 6.60. The molecule has 2 aromatic carbocycles. The van der Waals surface area contributed by atoms with Crippen LogP contribution in [-0.4, -0.2) is 46.6 Å². The van der Waals surface area contributed by atoms with Gasteiger partial charge in [0.25, 0.3) is 0 Å². The minimum absolute atomic E-state index is 0.597. The number of nitrogens with zero attached hydrogens (tertiary/aromatic N) is 4. The molecule has 2 heterocycles. The largest absolute Gasteiger partial charge is 0.338 e. The van der Waals surface area contributed by atoms with Crippen molar-refractivity contribution in [1.82, 2.24) is 19.9 Å². The molecule has 0 spiro atoms. The number of hydrogen-bond donors (Lipinski definition) is 0. The summed E-state index contributed by atoms with van der Waals surface area (Å²) in [6.07, 6.45) is 2.41. The molecule has 5 nitrogen and oxygen atoms in total. The van der Waals surface area contributed by atoms with E-state index >= 15 is 0 Å². The minimum Gasteiger partial charge on any atom is -0.338 e. The van der Waals surface area contributed by atoms with E-state index in [4.69, 9.17) is 16.1 Å². The highest BCUT2D eigenvalue weighted by atomic mass is 35.5. The van der Waals surface area contributed by atoms with Gasteiger partial charge in [0.1, 0.15) is 0 Å². The van der Waals surface area contributed by atoms with Gasteiger partial charge in [-0.15, -0.1) is 0 Å². The average molecular weight is 411 g/mol. The van der Waals surface area contributed by atoms with Crippen molar-refractivity contribution in [3.05, 3.63) is 71.1 Å². The van der Waals surface area contributed by atoms with Crippen LogP contribution in [0, 0.1) is 5.92 Å². The molecule has 1 aromatic heterocycles. The second-order valence-corrected chi connectivity index (χ2v) is 8.36. The smallest absolute Gasteiger partial charge is 0.241 e. The first-order chi connectivity index (χ1) is 14.2. The fraction of sp³-hybridized carbons (Fsp3) is 0.391. The number of benzene rings is 2. The van der Waals surface area contributed by atoms with E-state index in [1.165, 1.54) is 18.4 Å². The second kappa shape index (κ2) is 9.53. The lowest BCUT2D eigenvalue weighted by Gasteiger charge is -2.33. The Morgan fingerprint density at radius 1 is 1.10 bits per heavy atom. The van der Waals surface area contributed by atoms with Gasteiger partial charge in [-0.2, -0.15) is 4.98 Å². The molecular formula is C23H27ClN4O. The molecule has 0 unspecified atom stereocenters. The van der Waals surface area contributed by atoms with Crippen molar-refractivity contribution in [2.75, 3.05) is 26.7 Å². The number of rotatable bonds is 7. The van der Waals surface area contributed by atoms with Gasteiger partial charge in [0.15, 0.2) is 0 Å². The third kappa shape index (κ3) is 5.66. The summed E-state index contributed by atoms with van der Waals surface area (Å²) in [4.78, 5) is 9.38. The fourth-order valence-corrected chi connectivity index (χ4v) is 4.17. The maximum absolute atomic E-state index is 6.05. The summed E-state index contributed by atoms with van der Waals surface area (Å²) in [6, 6.07) is 18.2. The zero-order valence-electron chi connectivity index (χ0n) is 16.8. The molecule has 1 saturated heterocycles. The van der Waals surface area contributed by atoms with Crippen molar-refractivity contribution in [2.45, 2.75) is 25.9 Å². The van der Waals surface area contributed by atoms with E-state index in [9.17, 15) is 0 Å². The van der Waals surface area contributed by atoms with Gasteiger partial charge in [0.2, 0.25) is 11.7 Å². The molecule has 6 heteroatoms. The molecule has 0 bridgehead atoms. The standard InChI is InChI=1S/C23H27ClN4O/c1-27(15-18-6-3-2-4-7-18)16-19-10-12-28(13-11-19)17-22-25-23(26-29-22)20-8-5-9-21(24)14-20/h2-9,14,19H,10-13,15-17H2,1H3. The lowest BCUT2D eigenvalue weighted by molar-refractivity contribution is 0.135. The fourth-order valence-electron chi connectivity index (χ4n) is 3.98. The maximum Gasteiger partial charge on any atom is 0.241 e. The number of halogens is 1. The van der Waals surface area contributed by atoms with Crippen LogP contribution in [0.5, 0.6) is 0 Å². The molecule has 3 aromatic rings. The second-order valence-electron chi connectivity index (χ2n) is 7.92. The van der Waals surface area contributed by atoms with E-state index in [0.29, 0.717) is 23.3 Å². The van der Waals surface area contributed by atoms with Crippen LogP contribution < -0.4 is 0 Å². The van der Waals surface area contributed by atoms with Gasteiger partial charge in [-0.3, -0.25) is 4.90 Å². The van der Waals surface area contributed by atoms with Crippen molar-refractivity contribution in [3.63, 3.8) is 0 Å². The average Bonchev–Trinajstić information content (AvgIpc) is 3.19. The normalized spacial score (nSPS) is 15.8. The predicted molar refractivity (Wildman–Crippen MR) is 116 cm³/mol. The van der Waals surface area contributed by atoms with Gasteiger partial charge in [0, 0.05) is 23.7 Å². The first-order valence-electron chi connectivity index (χ1n) is 10.2. The van der Waals surface area contributed by atoms with Gasteiger partial charge >= 0.3 is 0 Å². The third-order valence-electron chi connectivity index (χ3n) is 5.48. The number of likely N-dealkylation sites (tertiary alicyclic amines) is 1. The summed E-state index contributed by atoms with van der Waals surface area (Å²) >= 11 is 6.05. The number of hydrogen-bond acceptors (Lipinski definition) is 5. The Labute approximate surface area is 177 Å². The van der Waals surface area contributed by atoms with Crippen molar-refractivity contribution in [2.24, 2.45) is 5.92 Å². The van der Waals surface area contributed by atoms with Crippen LogP contribution in [0.4, 0.5) is 0 Å².